The third-order valence-electron chi connectivity index (χ3n) is 6.67. The molecule has 0 fully saturated rings. The lowest BCUT2D eigenvalue weighted by Gasteiger charge is -2.24. The molecule has 33 heavy (non-hydrogen) atoms. The second kappa shape index (κ2) is 11.3. The van der Waals surface area contributed by atoms with Crippen LogP contribution in [0.3, 0.4) is 0 Å². The summed E-state index contributed by atoms with van der Waals surface area (Å²) in [5, 5.41) is 6.42. The molecule has 3 aromatic rings. The summed E-state index contributed by atoms with van der Waals surface area (Å²) in [5.74, 6) is -0.102. The third kappa shape index (κ3) is 6.10. The molecule has 0 spiro atoms. The van der Waals surface area contributed by atoms with Crippen LogP contribution in [-0.2, 0) is 24.0 Å². The molecule has 4 rings (SSSR count). The lowest BCUT2D eigenvalue weighted by molar-refractivity contribution is 0.0530. The fraction of sp³-hybridized carbons (Fsp3) is 0.345. The van der Waals surface area contributed by atoms with Crippen LogP contribution in [-0.4, -0.2) is 32.3 Å². The Labute approximate surface area is 197 Å². The molecule has 1 aliphatic carbocycles. The highest BCUT2D eigenvalue weighted by Gasteiger charge is 2.17. The highest BCUT2D eigenvalue weighted by Crippen LogP contribution is 2.24. The first-order valence-electron chi connectivity index (χ1n) is 11.9. The molecule has 0 radical (unpaired) electrons. The SMILES string of the molecule is CN[C@H]1CCc2cc(CCCC(NC(=O)c3ccc(-c4ccccc4)cc3)OC)ccc2C1. The number of rotatable bonds is 9. The Hall–Kier alpha value is -2.95. The number of nitrogens with one attached hydrogen (secondary N) is 2. The van der Waals surface area contributed by atoms with Crippen molar-refractivity contribution in [1.82, 2.24) is 10.6 Å². The number of carbonyl (C=O) groups is 1. The second-order valence-electron chi connectivity index (χ2n) is 8.86. The highest BCUT2D eigenvalue weighted by molar-refractivity contribution is 5.94. The number of aryl methyl sites for hydroxylation is 2. The van der Waals surface area contributed by atoms with Crippen molar-refractivity contribution in [2.75, 3.05) is 14.2 Å². The number of likely N-dealkylation sites (N-methyl/N-ethyl adjacent to an activating group) is 1. The minimum atomic E-state index is -0.291. The maximum Gasteiger partial charge on any atom is 0.253 e. The van der Waals surface area contributed by atoms with E-state index in [2.05, 4.69) is 48.0 Å². The van der Waals surface area contributed by atoms with Gasteiger partial charge in [-0.25, -0.2) is 0 Å². The van der Waals surface area contributed by atoms with Gasteiger partial charge in [0.05, 0.1) is 0 Å². The summed E-state index contributed by atoms with van der Waals surface area (Å²) in [5.41, 5.74) is 7.23. The minimum absolute atomic E-state index is 0.102. The average molecular weight is 443 g/mol. The predicted molar refractivity (Wildman–Crippen MR) is 134 cm³/mol. The van der Waals surface area contributed by atoms with Crippen LogP contribution in [0.15, 0.2) is 72.8 Å². The number of benzene rings is 3. The third-order valence-corrected chi connectivity index (χ3v) is 6.67. The minimum Gasteiger partial charge on any atom is -0.362 e. The largest absolute Gasteiger partial charge is 0.362 e. The molecule has 0 saturated heterocycles. The zero-order valence-electron chi connectivity index (χ0n) is 19.6. The molecule has 2 N–H and O–H groups in total. The second-order valence-corrected chi connectivity index (χ2v) is 8.86. The zero-order chi connectivity index (χ0) is 23.0. The van der Waals surface area contributed by atoms with Gasteiger partial charge in [0.15, 0.2) is 0 Å². The number of fused-ring (bicyclic) bond motifs is 1. The molecule has 3 aromatic carbocycles. The molecule has 1 aliphatic rings. The smallest absolute Gasteiger partial charge is 0.253 e. The first-order chi connectivity index (χ1) is 16.2. The van der Waals surface area contributed by atoms with Crippen LogP contribution in [0.5, 0.6) is 0 Å². The van der Waals surface area contributed by atoms with Gasteiger partial charge in [0.1, 0.15) is 6.23 Å². The normalized spacial score (nSPS) is 16.1. The molecule has 4 heteroatoms. The van der Waals surface area contributed by atoms with E-state index in [9.17, 15) is 4.79 Å². The Morgan fingerprint density at radius 3 is 2.48 bits per heavy atom. The quantitative estimate of drug-likeness (QED) is 0.450. The van der Waals surface area contributed by atoms with Gasteiger partial charge in [-0.3, -0.25) is 4.79 Å². The molecular formula is C29H34N2O2. The summed E-state index contributed by atoms with van der Waals surface area (Å²) in [7, 11) is 3.70. The molecular weight excluding hydrogens is 408 g/mol. The summed E-state index contributed by atoms with van der Waals surface area (Å²) >= 11 is 0. The Balaban J connectivity index is 1.28. The first kappa shape index (κ1) is 23.2. The molecule has 4 nitrogen and oxygen atoms in total. The van der Waals surface area contributed by atoms with E-state index in [1.54, 1.807) is 7.11 Å². The Morgan fingerprint density at radius 2 is 1.76 bits per heavy atom. The standard InChI is InChI=1S/C29H34N2O2/c1-30-27-18-17-25-19-21(11-12-26(25)20-27)7-6-10-28(33-2)31-29(32)24-15-13-23(14-16-24)22-8-4-3-5-9-22/h3-5,8-9,11-16,19,27-28,30H,6-7,10,17-18,20H2,1-2H3,(H,31,32)/t27-,28?/m0/s1. The van der Waals surface area contributed by atoms with Gasteiger partial charge in [-0.2, -0.15) is 0 Å². The first-order valence-corrected chi connectivity index (χ1v) is 11.9. The van der Waals surface area contributed by atoms with E-state index in [-0.39, 0.29) is 12.1 Å². The van der Waals surface area contributed by atoms with E-state index in [1.165, 1.54) is 23.1 Å². The molecule has 172 valence electrons. The van der Waals surface area contributed by atoms with E-state index in [4.69, 9.17) is 4.74 Å². The van der Waals surface area contributed by atoms with Crippen LogP contribution < -0.4 is 10.6 Å². The lowest BCUT2D eigenvalue weighted by Crippen LogP contribution is -2.36. The number of carbonyl (C=O) groups excluding carboxylic acids is 1. The van der Waals surface area contributed by atoms with Crippen molar-refractivity contribution in [3.63, 3.8) is 0 Å². The van der Waals surface area contributed by atoms with Gasteiger partial charge < -0.3 is 15.4 Å². The number of amides is 1. The van der Waals surface area contributed by atoms with Crippen molar-refractivity contribution in [1.29, 1.82) is 0 Å². The van der Waals surface area contributed by atoms with Crippen molar-refractivity contribution < 1.29 is 9.53 Å². The summed E-state index contributed by atoms with van der Waals surface area (Å²) in [6.07, 6.45) is 5.92. The summed E-state index contributed by atoms with van der Waals surface area (Å²) < 4.78 is 5.55. The highest BCUT2D eigenvalue weighted by atomic mass is 16.5. The van der Waals surface area contributed by atoms with E-state index in [0.717, 1.165) is 43.2 Å². The van der Waals surface area contributed by atoms with Gasteiger partial charge >= 0.3 is 0 Å². The number of ether oxygens (including phenoxy) is 1. The van der Waals surface area contributed by atoms with Crippen molar-refractivity contribution >= 4 is 5.91 Å². The van der Waals surface area contributed by atoms with Crippen LogP contribution in [0.4, 0.5) is 0 Å². The summed E-state index contributed by atoms with van der Waals surface area (Å²) in [6, 6.07) is 25.4. The maximum atomic E-state index is 12.7. The molecule has 0 bridgehead atoms. The summed E-state index contributed by atoms with van der Waals surface area (Å²) in [6.45, 7) is 0. The number of hydrogen-bond donors (Lipinski definition) is 2. The Morgan fingerprint density at radius 1 is 1.00 bits per heavy atom. The fourth-order valence-corrected chi connectivity index (χ4v) is 4.63. The molecule has 2 atom stereocenters. The van der Waals surface area contributed by atoms with E-state index in [0.29, 0.717) is 11.6 Å². The fourth-order valence-electron chi connectivity index (χ4n) is 4.63. The van der Waals surface area contributed by atoms with Crippen LogP contribution in [0.25, 0.3) is 11.1 Å². The predicted octanol–water partition coefficient (Wildman–Crippen LogP) is 5.16. The molecule has 0 aliphatic heterocycles. The molecule has 1 amide bonds. The van der Waals surface area contributed by atoms with Gasteiger partial charge in [0.2, 0.25) is 0 Å². The number of hydrogen-bond acceptors (Lipinski definition) is 3. The average Bonchev–Trinajstić information content (AvgIpc) is 2.88. The molecule has 0 aromatic heterocycles. The number of methoxy groups -OCH3 is 1. The van der Waals surface area contributed by atoms with Crippen LogP contribution >= 0.6 is 0 Å². The molecule has 0 heterocycles. The molecule has 0 saturated carbocycles. The van der Waals surface area contributed by atoms with Crippen molar-refractivity contribution in [3.8, 4) is 11.1 Å². The van der Waals surface area contributed by atoms with Gasteiger partial charge in [0, 0.05) is 18.7 Å². The van der Waals surface area contributed by atoms with Crippen LogP contribution in [0.1, 0.15) is 46.3 Å². The lowest BCUT2D eigenvalue weighted by atomic mass is 9.86. The Bertz CT molecular complexity index is 1050. The monoisotopic (exact) mass is 442 g/mol. The zero-order valence-corrected chi connectivity index (χ0v) is 19.6. The van der Waals surface area contributed by atoms with Gasteiger partial charge in [-0.1, -0.05) is 60.7 Å². The van der Waals surface area contributed by atoms with Crippen LogP contribution in [0, 0.1) is 0 Å². The van der Waals surface area contributed by atoms with E-state index >= 15 is 0 Å². The van der Waals surface area contributed by atoms with Crippen LogP contribution in [0.2, 0.25) is 0 Å². The van der Waals surface area contributed by atoms with Gasteiger partial charge in [0.25, 0.3) is 5.91 Å². The van der Waals surface area contributed by atoms with E-state index < -0.39 is 0 Å². The van der Waals surface area contributed by atoms with Crippen molar-refractivity contribution in [3.05, 3.63) is 95.1 Å². The maximum absolute atomic E-state index is 12.7. The topological polar surface area (TPSA) is 50.4 Å². The molecule has 1 unspecified atom stereocenters. The van der Waals surface area contributed by atoms with Gasteiger partial charge in [-0.05, 0) is 85.5 Å². The summed E-state index contributed by atoms with van der Waals surface area (Å²) in [4.78, 5) is 12.7. The van der Waals surface area contributed by atoms with E-state index in [1.807, 2.05) is 42.5 Å². The van der Waals surface area contributed by atoms with Crippen molar-refractivity contribution in [2.45, 2.75) is 50.8 Å². The Kier molecular flexibility index (Phi) is 7.92. The van der Waals surface area contributed by atoms with Gasteiger partial charge in [-0.15, -0.1) is 0 Å². The van der Waals surface area contributed by atoms with Crippen molar-refractivity contribution in [2.24, 2.45) is 0 Å².